The van der Waals surface area contributed by atoms with Crippen molar-refractivity contribution in [3.63, 3.8) is 0 Å². The molecule has 1 unspecified atom stereocenters. The Hall–Kier alpha value is -3.26. The molecule has 8 nitrogen and oxygen atoms in total. The number of nitrogens with zero attached hydrogens (tertiary/aromatic N) is 1. The molecule has 1 heterocycles. The Morgan fingerprint density at radius 2 is 1.82 bits per heavy atom. The normalized spacial score (nSPS) is 19.6. The van der Waals surface area contributed by atoms with Crippen molar-refractivity contribution in [2.45, 2.75) is 39.7 Å². The molecular formula is C24H26ClN3O5. The van der Waals surface area contributed by atoms with Crippen molar-refractivity contribution in [2.24, 2.45) is 17.3 Å². The number of ketones is 1. The highest BCUT2D eigenvalue weighted by Crippen LogP contribution is 2.51. The zero-order valence-electron chi connectivity index (χ0n) is 18.6. The highest BCUT2D eigenvalue weighted by Gasteiger charge is 2.53. The molecule has 3 atom stereocenters. The monoisotopic (exact) mass is 471 g/mol. The molecule has 33 heavy (non-hydrogen) atoms. The summed E-state index contributed by atoms with van der Waals surface area (Å²) in [6, 6.07) is 8.70. The molecule has 3 N–H and O–H groups in total. The lowest BCUT2D eigenvalue weighted by molar-refractivity contribution is -0.152. The summed E-state index contributed by atoms with van der Waals surface area (Å²) in [5.41, 5.74) is 0.916. The third kappa shape index (κ3) is 5.39. The maximum atomic E-state index is 12.7. The largest absolute Gasteiger partial charge is 0.480 e. The molecule has 0 aliphatic heterocycles. The topological polar surface area (TPSA) is 125 Å². The summed E-state index contributed by atoms with van der Waals surface area (Å²) in [5, 5.41) is 15.0. The van der Waals surface area contributed by atoms with Crippen molar-refractivity contribution >= 4 is 40.9 Å². The second-order valence-electron chi connectivity index (χ2n) is 8.87. The molecule has 0 saturated heterocycles. The number of Topliss-reactive ketones (excluding diaryl/α,β-unsaturated/α-hetero) is 1. The first-order chi connectivity index (χ1) is 15.5. The number of benzene rings is 1. The van der Waals surface area contributed by atoms with E-state index < -0.39 is 29.3 Å². The number of carbonyl (C=O) groups excluding carboxylic acids is 3. The Labute approximate surface area is 196 Å². The van der Waals surface area contributed by atoms with Crippen molar-refractivity contribution in [2.75, 3.05) is 5.32 Å². The van der Waals surface area contributed by atoms with Crippen LogP contribution in [0.25, 0.3) is 0 Å². The third-order valence-corrected chi connectivity index (χ3v) is 6.65. The number of rotatable bonds is 8. The van der Waals surface area contributed by atoms with Crippen molar-refractivity contribution in [1.82, 2.24) is 10.3 Å². The SMILES string of the molecule is CC(=O)[C@H]1C[C@H](C(=O)NC(Cc2ccc(NC(=O)c3cccnc3Cl)cc2)C(=O)O)C1(C)C. The Balaban J connectivity index is 1.62. The standard InChI is InChI=1S/C24H26ClN3O5/c1-13(29)17-12-18(24(17,2)3)22(31)28-19(23(32)33)11-14-6-8-15(9-7-14)27-21(30)16-5-4-10-26-20(16)25/h4-10,17-19H,11-12H2,1-3H3,(H,27,30)(H,28,31)(H,32,33)/t17-,18-,19?/m1/s1. The van der Waals surface area contributed by atoms with Gasteiger partial charge in [0, 0.05) is 30.1 Å². The molecule has 9 heteroatoms. The van der Waals surface area contributed by atoms with Crippen molar-refractivity contribution < 1.29 is 24.3 Å². The van der Waals surface area contributed by atoms with E-state index in [1.54, 1.807) is 36.4 Å². The molecule has 0 bridgehead atoms. The maximum absolute atomic E-state index is 12.7. The van der Waals surface area contributed by atoms with E-state index in [4.69, 9.17) is 11.6 Å². The molecular weight excluding hydrogens is 446 g/mol. The molecule has 1 aromatic carbocycles. The van der Waals surface area contributed by atoms with Crippen LogP contribution in [0, 0.1) is 17.3 Å². The van der Waals surface area contributed by atoms with Gasteiger partial charge in [0.2, 0.25) is 5.91 Å². The quantitative estimate of drug-likeness (QED) is 0.507. The van der Waals surface area contributed by atoms with Gasteiger partial charge in [0.05, 0.1) is 5.56 Å². The summed E-state index contributed by atoms with van der Waals surface area (Å²) in [4.78, 5) is 52.4. The van der Waals surface area contributed by atoms with Gasteiger partial charge in [0.25, 0.3) is 5.91 Å². The average Bonchev–Trinajstić information content (AvgIpc) is 2.73. The highest BCUT2D eigenvalue weighted by molar-refractivity contribution is 6.33. The summed E-state index contributed by atoms with van der Waals surface area (Å²) in [6.45, 7) is 5.22. The first kappa shape index (κ1) is 24.4. The van der Waals surface area contributed by atoms with Crippen LogP contribution in [-0.2, 0) is 20.8 Å². The summed E-state index contributed by atoms with van der Waals surface area (Å²) < 4.78 is 0. The van der Waals surface area contributed by atoms with Crippen LogP contribution in [-0.4, -0.2) is 39.7 Å². The zero-order valence-corrected chi connectivity index (χ0v) is 19.3. The molecule has 2 amide bonds. The van der Waals surface area contributed by atoms with E-state index in [9.17, 15) is 24.3 Å². The first-order valence-corrected chi connectivity index (χ1v) is 10.9. The number of aliphatic carboxylic acids is 1. The third-order valence-electron chi connectivity index (χ3n) is 6.34. The zero-order chi connectivity index (χ0) is 24.3. The molecule has 1 fully saturated rings. The van der Waals surface area contributed by atoms with Gasteiger partial charge >= 0.3 is 5.97 Å². The van der Waals surface area contributed by atoms with Crippen LogP contribution in [0.5, 0.6) is 0 Å². The molecule has 2 aromatic rings. The van der Waals surface area contributed by atoms with Gasteiger partial charge in [0.15, 0.2) is 0 Å². The second-order valence-corrected chi connectivity index (χ2v) is 9.23. The lowest BCUT2D eigenvalue weighted by atomic mass is 9.53. The van der Waals surface area contributed by atoms with Crippen molar-refractivity contribution in [1.29, 1.82) is 0 Å². The summed E-state index contributed by atoms with van der Waals surface area (Å²) in [6.07, 6.45) is 1.99. The number of carboxylic acids is 1. The van der Waals surface area contributed by atoms with Crippen LogP contribution in [0.2, 0.25) is 5.15 Å². The van der Waals surface area contributed by atoms with Gasteiger partial charge < -0.3 is 15.7 Å². The number of amides is 2. The van der Waals surface area contributed by atoms with Gasteiger partial charge in [-0.2, -0.15) is 0 Å². The van der Waals surface area contributed by atoms with Crippen LogP contribution in [0.3, 0.4) is 0 Å². The summed E-state index contributed by atoms with van der Waals surface area (Å²) in [7, 11) is 0. The number of carbonyl (C=O) groups is 4. The number of hydrogen-bond acceptors (Lipinski definition) is 5. The molecule has 0 radical (unpaired) electrons. The lowest BCUT2D eigenvalue weighted by Crippen LogP contribution is -2.57. The van der Waals surface area contributed by atoms with Crippen LogP contribution in [0.4, 0.5) is 5.69 Å². The van der Waals surface area contributed by atoms with Gasteiger partial charge in [-0.1, -0.05) is 37.6 Å². The van der Waals surface area contributed by atoms with E-state index in [-0.39, 0.29) is 34.7 Å². The first-order valence-electron chi connectivity index (χ1n) is 10.5. The molecule has 1 aliphatic rings. The van der Waals surface area contributed by atoms with E-state index >= 15 is 0 Å². The molecule has 0 spiro atoms. The number of halogens is 1. The molecule has 1 saturated carbocycles. The number of pyridine rings is 1. The fourth-order valence-corrected chi connectivity index (χ4v) is 4.45. The average molecular weight is 472 g/mol. The fourth-order valence-electron chi connectivity index (χ4n) is 4.25. The maximum Gasteiger partial charge on any atom is 0.326 e. The minimum absolute atomic E-state index is 0.0387. The van der Waals surface area contributed by atoms with E-state index in [0.717, 1.165) is 0 Å². The smallest absolute Gasteiger partial charge is 0.326 e. The number of nitrogens with one attached hydrogen (secondary N) is 2. The summed E-state index contributed by atoms with van der Waals surface area (Å²) >= 11 is 5.94. The number of hydrogen-bond donors (Lipinski definition) is 3. The van der Waals surface area contributed by atoms with Crippen molar-refractivity contribution in [3.05, 3.63) is 58.9 Å². The predicted molar refractivity (Wildman–Crippen MR) is 123 cm³/mol. The van der Waals surface area contributed by atoms with Crippen LogP contribution in [0.1, 0.15) is 43.1 Å². The van der Waals surface area contributed by atoms with E-state index in [0.29, 0.717) is 17.7 Å². The Morgan fingerprint density at radius 1 is 1.15 bits per heavy atom. The molecule has 174 valence electrons. The minimum Gasteiger partial charge on any atom is -0.480 e. The van der Waals surface area contributed by atoms with Gasteiger partial charge in [-0.15, -0.1) is 0 Å². The van der Waals surface area contributed by atoms with E-state index in [1.807, 2.05) is 13.8 Å². The van der Waals surface area contributed by atoms with Crippen LogP contribution in [0.15, 0.2) is 42.6 Å². The van der Waals surface area contributed by atoms with E-state index in [1.165, 1.54) is 13.1 Å². The van der Waals surface area contributed by atoms with Crippen LogP contribution >= 0.6 is 11.6 Å². The van der Waals surface area contributed by atoms with Gasteiger partial charge in [0.1, 0.15) is 17.0 Å². The van der Waals surface area contributed by atoms with Gasteiger partial charge in [-0.05, 0) is 48.6 Å². The van der Waals surface area contributed by atoms with Gasteiger partial charge in [-0.25, -0.2) is 9.78 Å². The number of aromatic nitrogens is 1. The Bertz CT molecular complexity index is 1080. The van der Waals surface area contributed by atoms with Gasteiger partial charge in [-0.3, -0.25) is 14.4 Å². The Morgan fingerprint density at radius 3 is 2.36 bits per heavy atom. The van der Waals surface area contributed by atoms with E-state index in [2.05, 4.69) is 15.6 Å². The van der Waals surface area contributed by atoms with Crippen molar-refractivity contribution in [3.8, 4) is 0 Å². The van der Waals surface area contributed by atoms with Crippen LogP contribution < -0.4 is 10.6 Å². The summed E-state index contributed by atoms with van der Waals surface area (Å²) in [5.74, 6) is -2.49. The molecule has 3 rings (SSSR count). The number of anilines is 1. The lowest BCUT2D eigenvalue weighted by Gasteiger charge is -2.50. The Kier molecular flexibility index (Phi) is 7.17. The molecule has 1 aromatic heterocycles. The minimum atomic E-state index is -1.15. The predicted octanol–water partition coefficient (Wildman–Crippen LogP) is 3.35. The highest BCUT2D eigenvalue weighted by atomic mass is 35.5. The fraction of sp³-hybridized carbons (Fsp3) is 0.375. The number of carboxylic acid groups (broad SMARTS) is 1. The second kappa shape index (κ2) is 9.70. The molecule has 1 aliphatic carbocycles.